The fourth-order valence-corrected chi connectivity index (χ4v) is 2.58. The van der Waals surface area contributed by atoms with E-state index in [0.29, 0.717) is 11.1 Å². The Kier molecular flexibility index (Phi) is 4.70. The molecule has 23 heavy (non-hydrogen) atoms. The molecule has 0 aliphatic carbocycles. The molecule has 4 heteroatoms. The molecular formula is C19H17FN2O. The standard InChI is InChI=1S/C19H17FN2O/c20-18-5-3-16(4-6-18)17(14-21)13-15-1-7-19(8-2-15)22-9-11-23-12-10-22/h1-8,13H,9-12H2/b17-13+. The number of allylic oxidation sites excluding steroid dienone is 1. The predicted molar refractivity (Wildman–Crippen MR) is 89.4 cm³/mol. The van der Waals surface area contributed by atoms with Crippen LogP contribution in [-0.2, 0) is 4.74 Å². The molecule has 0 unspecified atom stereocenters. The topological polar surface area (TPSA) is 36.3 Å². The molecule has 1 aliphatic heterocycles. The number of hydrogen-bond acceptors (Lipinski definition) is 3. The van der Waals surface area contributed by atoms with E-state index < -0.39 is 0 Å². The Hall–Kier alpha value is -2.64. The van der Waals surface area contributed by atoms with Gasteiger partial charge < -0.3 is 9.64 Å². The van der Waals surface area contributed by atoms with Gasteiger partial charge in [0, 0.05) is 18.8 Å². The van der Waals surface area contributed by atoms with Gasteiger partial charge in [-0.3, -0.25) is 0 Å². The quantitative estimate of drug-likeness (QED) is 0.640. The van der Waals surface area contributed by atoms with Gasteiger partial charge in [-0.2, -0.15) is 5.26 Å². The number of nitrogens with zero attached hydrogens (tertiary/aromatic N) is 2. The van der Waals surface area contributed by atoms with Gasteiger partial charge in [0.05, 0.1) is 24.9 Å². The van der Waals surface area contributed by atoms with Gasteiger partial charge in [-0.1, -0.05) is 24.3 Å². The first-order valence-corrected chi connectivity index (χ1v) is 7.57. The maximum absolute atomic E-state index is 13.0. The van der Waals surface area contributed by atoms with Crippen LogP contribution in [0.1, 0.15) is 11.1 Å². The second kappa shape index (κ2) is 7.08. The van der Waals surface area contributed by atoms with E-state index in [1.165, 1.54) is 12.1 Å². The molecule has 0 spiro atoms. The lowest BCUT2D eigenvalue weighted by molar-refractivity contribution is 0.122. The van der Waals surface area contributed by atoms with Crippen LogP contribution in [0.3, 0.4) is 0 Å². The number of hydrogen-bond donors (Lipinski definition) is 0. The normalized spacial score (nSPS) is 15.3. The Labute approximate surface area is 135 Å². The average Bonchev–Trinajstić information content (AvgIpc) is 2.62. The molecule has 1 heterocycles. The molecule has 0 radical (unpaired) electrons. The lowest BCUT2D eigenvalue weighted by Crippen LogP contribution is -2.36. The highest BCUT2D eigenvalue weighted by Gasteiger charge is 2.10. The number of rotatable bonds is 3. The summed E-state index contributed by atoms with van der Waals surface area (Å²) >= 11 is 0. The Balaban J connectivity index is 1.80. The third-order valence-corrected chi connectivity index (χ3v) is 3.86. The maximum Gasteiger partial charge on any atom is 0.123 e. The summed E-state index contributed by atoms with van der Waals surface area (Å²) < 4.78 is 18.3. The zero-order valence-electron chi connectivity index (χ0n) is 12.7. The molecule has 0 saturated carbocycles. The van der Waals surface area contributed by atoms with Gasteiger partial charge in [-0.05, 0) is 41.5 Å². The third-order valence-electron chi connectivity index (χ3n) is 3.86. The van der Waals surface area contributed by atoms with Crippen LogP contribution in [0.15, 0.2) is 48.5 Å². The van der Waals surface area contributed by atoms with Gasteiger partial charge in [0.25, 0.3) is 0 Å². The second-order valence-corrected chi connectivity index (χ2v) is 5.37. The van der Waals surface area contributed by atoms with Crippen LogP contribution in [0.25, 0.3) is 11.6 Å². The van der Waals surface area contributed by atoms with Crippen molar-refractivity contribution in [3.05, 3.63) is 65.5 Å². The molecule has 116 valence electrons. The smallest absolute Gasteiger partial charge is 0.123 e. The molecule has 0 aromatic heterocycles. The highest BCUT2D eigenvalue weighted by Crippen LogP contribution is 2.21. The van der Waals surface area contributed by atoms with Crippen LogP contribution in [0.4, 0.5) is 10.1 Å². The first-order chi connectivity index (χ1) is 11.3. The molecule has 3 nitrogen and oxygen atoms in total. The van der Waals surface area contributed by atoms with E-state index in [0.717, 1.165) is 37.6 Å². The van der Waals surface area contributed by atoms with Crippen LogP contribution < -0.4 is 4.90 Å². The summed E-state index contributed by atoms with van der Waals surface area (Å²) in [6.45, 7) is 3.30. The van der Waals surface area contributed by atoms with Crippen LogP contribution in [-0.4, -0.2) is 26.3 Å². The summed E-state index contributed by atoms with van der Waals surface area (Å²) in [6, 6.07) is 16.2. The van der Waals surface area contributed by atoms with Crippen LogP contribution in [0.5, 0.6) is 0 Å². The molecule has 3 rings (SSSR count). The molecule has 2 aromatic carbocycles. The van der Waals surface area contributed by atoms with Crippen molar-refractivity contribution in [2.45, 2.75) is 0 Å². The third kappa shape index (κ3) is 3.77. The van der Waals surface area contributed by atoms with Crippen LogP contribution >= 0.6 is 0 Å². The van der Waals surface area contributed by atoms with Crippen molar-refractivity contribution in [3.63, 3.8) is 0 Å². The zero-order chi connectivity index (χ0) is 16.1. The molecule has 0 N–H and O–H groups in total. The minimum atomic E-state index is -0.305. The summed E-state index contributed by atoms with van der Waals surface area (Å²) in [5.74, 6) is -0.305. The first-order valence-electron chi connectivity index (χ1n) is 7.57. The molecule has 1 aliphatic rings. The Morgan fingerprint density at radius 1 is 1.04 bits per heavy atom. The van der Waals surface area contributed by atoms with Crippen molar-refractivity contribution in [1.29, 1.82) is 5.26 Å². The molecule has 0 atom stereocenters. The fraction of sp³-hybridized carbons (Fsp3) is 0.211. The number of nitriles is 1. The van der Waals surface area contributed by atoms with Gasteiger partial charge in [0.2, 0.25) is 0 Å². The molecule has 0 bridgehead atoms. The van der Waals surface area contributed by atoms with Gasteiger partial charge in [0.1, 0.15) is 5.82 Å². The Morgan fingerprint density at radius 2 is 1.70 bits per heavy atom. The monoisotopic (exact) mass is 308 g/mol. The predicted octanol–water partition coefficient (Wildman–Crippen LogP) is 3.73. The summed E-state index contributed by atoms with van der Waals surface area (Å²) in [7, 11) is 0. The van der Waals surface area contributed by atoms with E-state index in [1.807, 2.05) is 18.2 Å². The highest BCUT2D eigenvalue weighted by atomic mass is 19.1. The maximum atomic E-state index is 13.0. The van der Waals surface area contributed by atoms with Crippen LogP contribution in [0, 0.1) is 17.1 Å². The van der Waals surface area contributed by atoms with E-state index >= 15 is 0 Å². The minimum Gasteiger partial charge on any atom is -0.378 e. The minimum absolute atomic E-state index is 0.305. The van der Waals surface area contributed by atoms with Crippen molar-refractivity contribution in [2.24, 2.45) is 0 Å². The van der Waals surface area contributed by atoms with Crippen molar-refractivity contribution < 1.29 is 9.13 Å². The number of halogens is 1. The second-order valence-electron chi connectivity index (χ2n) is 5.37. The first kappa shape index (κ1) is 15.3. The summed E-state index contributed by atoms with van der Waals surface area (Å²) in [4.78, 5) is 2.28. The van der Waals surface area contributed by atoms with E-state index in [-0.39, 0.29) is 5.82 Å². The van der Waals surface area contributed by atoms with Gasteiger partial charge in [-0.15, -0.1) is 0 Å². The molecule has 2 aromatic rings. The van der Waals surface area contributed by atoms with Gasteiger partial charge >= 0.3 is 0 Å². The van der Waals surface area contributed by atoms with Gasteiger partial charge in [0.15, 0.2) is 0 Å². The molecule has 1 saturated heterocycles. The number of morpholine rings is 1. The van der Waals surface area contributed by atoms with Crippen molar-refractivity contribution in [1.82, 2.24) is 0 Å². The molecule has 1 fully saturated rings. The van der Waals surface area contributed by atoms with Crippen molar-refractivity contribution in [2.75, 3.05) is 31.2 Å². The van der Waals surface area contributed by atoms with Gasteiger partial charge in [-0.25, -0.2) is 4.39 Å². The number of benzene rings is 2. The summed E-state index contributed by atoms with van der Waals surface area (Å²) in [5.41, 5.74) is 3.34. The van der Waals surface area contributed by atoms with Crippen LogP contribution in [0.2, 0.25) is 0 Å². The summed E-state index contributed by atoms with van der Waals surface area (Å²) in [6.07, 6.45) is 1.82. The Bertz CT molecular complexity index is 723. The Morgan fingerprint density at radius 3 is 2.30 bits per heavy atom. The largest absolute Gasteiger partial charge is 0.378 e. The lowest BCUT2D eigenvalue weighted by atomic mass is 10.0. The number of anilines is 1. The number of ether oxygens (including phenoxy) is 1. The lowest BCUT2D eigenvalue weighted by Gasteiger charge is -2.28. The SMILES string of the molecule is N#C/C(=C\c1ccc(N2CCOCC2)cc1)c1ccc(F)cc1. The summed E-state index contributed by atoms with van der Waals surface area (Å²) in [5, 5.41) is 9.33. The van der Waals surface area contributed by atoms with E-state index in [2.05, 4.69) is 23.1 Å². The fourth-order valence-electron chi connectivity index (χ4n) is 2.58. The van der Waals surface area contributed by atoms with Crippen molar-refractivity contribution in [3.8, 4) is 6.07 Å². The molecular weight excluding hydrogens is 291 g/mol. The van der Waals surface area contributed by atoms with E-state index in [1.54, 1.807) is 12.1 Å². The highest BCUT2D eigenvalue weighted by molar-refractivity contribution is 5.89. The van der Waals surface area contributed by atoms with E-state index in [4.69, 9.17) is 4.74 Å². The molecule has 0 amide bonds. The van der Waals surface area contributed by atoms with Crippen molar-refractivity contribution >= 4 is 17.3 Å². The zero-order valence-corrected chi connectivity index (χ0v) is 12.7. The van der Waals surface area contributed by atoms with E-state index in [9.17, 15) is 9.65 Å². The average molecular weight is 308 g/mol.